The van der Waals surface area contributed by atoms with E-state index < -0.39 is 0 Å². The second-order valence-corrected chi connectivity index (χ2v) is 5.13. The second-order valence-electron chi connectivity index (χ2n) is 5.13. The summed E-state index contributed by atoms with van der Waals surface area (Å²) in [5.41, 5.74) is -0.167. The second kappa shape index (κ2) is 6.33. The SMILES string of the molecule is CN(C)CCN(C)CC1(C=O)CCOCC1. The van der Waals surface area contributed by atoms with E-state index in [-0.39, 0.29) is 5.41 Å². The van der Waals surface area contributed by atoms with Gasteiger partial charge in [0, 0.05) is 38.3 Å². The summed E-state index contributed by atoms with van der Waals surface area (Å²) in [6.45, 7) is 4.33. The molecule has 0 saturated carbocycles. The summed E-state index contributed by atoms with van der Waals surface area (Å²) in [6, 6.07) is 0. The van der Waals surface area contributed by atoms with Gasteiger partial charge in [0.2, 0.25) is 0 Å². The van der Waals surface area contributed by atoms with Gasteiger partial charge >= 0.3 is 0 Å². The van der Waals surface area contributed by atoms with E-state index in [2.05, 4.69) is 30.9 Å². The molecule has 0 bridgehead atoms. The lowest BCUT2D eigenvalue weighted by atomic mass is 9.81. The zero-order valence-corrected chi connectivity index (χ0v) is 10.7. The zero-order valence-electron chi connectivity index (χ0n) is 10.7. The maximum atomic E-state index is 11.3. The number of carbonyl (C=O) groups excluding carboxylic acids is 1. The average Bonchev–Trinajstić information content (AvgIpc) is 2.28. The van der Waals surface area contributed by atoms with Crippen LogP contribution in [0.1, 0.15) is 12.8 Å². The van der Waals surface area contributed by atoms with Crippen LogP contribution < -0.4 is 0 Å². The van der Waals surface area contributed by atoms with Crippen molar-refractivity contribution < 1.29 is 9.53 Å². The van der Waals surface area contributed by atoms with Crippen LogP contribution in [-0.2, 0) is 9.53 Å². The first-order valence-electron chi connectivity index (χ1n) is 5.95. The molecular weight excluding hydrogens is 204 g/mol. The molecule has 1 heterocycles. The van der Waals surface area contributed by atoms with Crippen LogP contribution in [0.3, 0.4) is 0 Å². The van der Waals surface area contributed by atoms with Crippen molar-refractivity contribution in [1.29, 1.82) is 0 Å². The largest absolute Gasteiger partial charge is 0.381 e. The van der Waals surface area contributed by atoms with E-state index in [1.165, 1.54) is 0 Å². The minimum Gasteiger partial charge on any atom is -0.381 e. The molecular formula is C12H24N2O2. The van der Waals surface area contributed by atoms with Crippen molar-refractivity contribution in [3.8, 4) is 0 Å². The number of ether oxygens (including phenoxy) is 1. The Bertz CT molecular complexity index is 213. The van der Waals surface area contributed by atoms with Gasteiger partial charge in [-0.1, -0.05) is 0 Å². The number of nitrogens with zero attached hydrogens (tertiary/aromatic N) is 2. The van der Waals surface area contributed by atoms with Crippen molar-refractivity contribution >= 4 is 6.29 Å². The van der Waals surface area contributed by atoms with Gasteiger partial charge in [-0.2, -0.15) is 0 Å². The molecule has 0 atom stereocenters. The van der Waals surface area contributed by atoms with E-state index in [0.717, 1.165) is 52.0 Å². The molecule has 4 nitrogen and oxygen atoms in total. The van der Waals surface area contributed by atoms with Crippen molar-refractivity contribution in [2.75, 3.05) is 54.0 Å². The molecule has 1 saturated heterocycles. The predicted molar refractivity (Wildman–Crippen MR) is 64.6 cm³/mol. The van der Waals surface area contributed by atoms with Gasteiger partial charge < -0.3 is 19.3 Å². The lowest BCUT2D eigenvalue weighted by Crippen LogP contribution is -2.42. The summed E-state index contributed by atoms with van der Waals surface area (Å²) < 4.78 is 5.32. The summed E-state index contributed by atoms with van der Waals surface area (Å²) >= 11 is 0. The Kier molecular flexibility index (Phi) is 5.38. The minimum absolute atomic E-state index is 0.167. The van der Waals surface area contributed by atoms with Crippen LogP contribution in [0.4, 0.5) is 0 Å². The molecule has 1 aliphatic rings. The normalized spacial score (nSPS) is 20.3. The monoisotopic (exact) mass is 228 g/mol. The fourth-order valence-electron chi connectivity index (χ4n) is 2.08. The first-order chi connectivity index (χ1) is 7.58. The highest BCUT2D eigenvalue weighted by Crippen LogP contribution is 2.28. The molecule has 0 unspecified atom stereocenters. The Morgan fingerprint density at radius 1 is 1.19 bits per heavy atom. The molecule has 1 aliphatic heterocycles. The molecule has 1 fully saturated rings. The Hall–Kier alpha value is -0.450. The van der Waals surface area contributed by atoms with E-state index in [1.807, 2.05) is 0 Å². The highest BCUT2D eigenvalue weighted by Gasteiger charge is 2.33. The van der Waals surface area contributed by atoms with Crippen LogP contribution in [0, 0.1) is 5.41 Å². The molecule has 0 aromatic heterocycles. The van der Waals surface area contributed by atoms with E-state index in [1.54, 1.807) is 0 Å². The predicted octanol–water partition coefficient (Wildman–Crippen LogP) is 0.476. The van der Waals surface area contributed by atoms with Gasteiger partial charge in [-0.05, 0) is 34.0 Å². The third kappa shape index (κ3) is 4.20. The summed E-state index contributed by atoms with van der Waals surface area (Å²) in [5.74, 6) is 0. The smallest absolute Gasteiger partial charge is 0.127 e. The van der Waals surface area contributed by atoms with Crippen molar-refractivity contribution in [2.24, 2.45) is 5.41 Å². The topological polar surface area (TPSA) is 32.8 Å². The first-order valence-corrected chi connectivity index (χ1v) is 5.95. The standard InChI is InChI=1S/C12H24N2O2/c1-13(2)6-7-14(3)10-12(11-15)4-8-16-9-5-12/h11H,4-10H2,1-3H3. The van der Waals surface area contributed by atoms with Crippen LogP contribution in [0.2, 0.25) is 0 Å². The van der Waals surface area contributed by atoms with Gasteiger partial charge in [0.1, 0.15) is 6.29 Å². The number of hydrogen-bond donors (Lipinski definition) is 0. The number of carbonyl (C=O) groups is 1. The Morgan fingerprint density at radius 3 is 2.31 bits per heavy atom. The quantitative estimate of drug-likeness (QED) is 0.619. The van der Waals surface area contributed by atoms with Crippen molar-refractivity contribution in [2.45, 2.75) is 12.8 Å². The first kappa shape index (κ1) is 13.6. The fraction of sp³-hybridized carbons (Fsp3) is 0.917. The molecule has 0 spiro atoms. The van der Waals surface area contributed by atoms with Gasteiger partial charge in [0.05, 0.1) is 0 Å². The van der Waals surface area contributed by atoms with Crippen LogP contribution in [-0.4, -0.2) is 70.1 Å². The van der Waals surface area contributed by atoms with Gasteiger partial charge in [-0.3, -0.25) is 0 Å². The van der Waals surface area contributed by atoms with Gasteiger partial charge in [-0.25, -0.2) is 0 Å². The summed E-state index contributed by atoms with van der Waals surface area (Å²) in [7, 11) is 6.22. The van der Waals surface area contributed by atoms with Crippen molar-refractivity contribution in [3.63, 3.8) is 0 Å². The van der Waals surface area contributed by atoms with Crippen molar-refractivity contribution in [1.82, 2.24) is 9.80 Å². The van der Waals surface area contributed by atoms with Crippen molar-refractivity contribution in [3.05, 3.63) is 0 Å². The molecule has 94 valence electrons. The molecule has 0 aromatic rings. The Balaban J connectivity index is 2.39. The van der Waals surface area contributed by atoms with E-state index >= 15 is 0 Å². The molecule has 0 N–H and O–H groups in total. The average molecular weight is 228 g/mol. The highest BCUT2D eigenvalue weighted by molar-refractivity contribution is 5.60. The Morgan fingerprint density at radius 2 is 1.81 bits per heavy atom. The van der Waals surface area contributed by atoms with Crippen LogP contribution >= 0.6 is 0 Å². The maximum Gasteiger partial charge on any atom is 0.127 e. The zero-order chi connectivity index (χ0) is 12.0. The fourth-order valence-corrected chi connectivity index (χ4v) is 2.08. The third-order valence-corrected chi connectivity index (χ3v) is 3.25. The number of rotatable bonds is 6. The molecule has 0 amide bonds. The highest BCUT2D eigenvalue weighted by atomic mass is 16.5. The third-order valence-electron chi connectivity index (χ3n) is 3.25. The van der Waals surface area contributed by atoms with E-state index in [4.69, 9.17) is 4.74 Å². The number of aldehydes is 1. The lowest BCUT2D eigenvalue weighted by Gasteiger charge is -2.35. The molecule has 0 aromatic carbocycles. The molecule has 0 aliphatic carbocycles. The van der Waals surface area contributed by atoms with Gasteiger partial charge in [0.15, 0.2) is 0 Å². The van der Waals surface area contributed by atoms with Gasteiger partial charge in [0.25, 0.3) is 0 Å². The van der Waals surface area contributed by atoms with Crippen LogP contribution in [0.15, 0.2) is 0 Å². The maximum absolute atomic E-state index is 11.3. The Labute approximate surface area is 98.5 Å². The minimum atomic E-state index is -0.167. The van der Waals surface area contributed by atoms with Gasteiger partial charge in [-0.15, -0.1) is 0 Å². The summed E-state index contributed by atoms with van der Waals surface area (Å²) in [6.07, 6.45) is 2.87. The molecule has 0 radical (unpaired) electrons. The van der Waals surface area contributed by atoms with Crippen LogP contribution in [0.25, 0.3) is 0 Å². The van der Waals surface area contributed by atoms with E-state index in [0.29, 0.717) is 0 Å². The molecule has 4 heteroatoms. The lowest BCUT2D eigenvalue weighted by molar-refractivity contribution is -0.122. The van der Waals surface area contributed by atoms with Crippen LogP contribution in [0.5, 0.6) is 0 Å². The molecule has 1 rings (SSSR count). The molecule has 16 heavy (non-hydrogen) atoms. The number of hydrogen-bond acceptors (Lipinski definition) is 4. The van der Waals surface area contributed by atoms with E-state index in [9.17, 15) is 4.79 Å². The number of likely N-dealkylation sites (N-methyl/N-ethyl adjacent to an activating group) is 2. The summed E-state index contributed by atoms with van der Waals surface area (Å²) in [5, 5.41) is 0. The summed E-state index contributed by atoms with van der Waals surface area (Å²) in [4.78, 5) is 15.7.